The molecule has 0 fully saturated rings. The third-order valence-electron chi connectivity index (χ3n) is 3.43. The van der Waals surface area contributed by atoms with E-state index in [9.17, 15) is 4.79 Å². The Kier molecular flexibility index (Phi) is 3.29. The maximum atomic E-state index is 12.2. The van der Waals surface area contributed by atoms with Crippen molar-refractivity contribution in [3.63, 3.8) is 0 Å². The molecule has 0 saturated carbocycles. The number of rotatable bonds is 2. The lowest BCUT2D eigenvalue weighted by Crippen LogP contribution is -2.32. The van der Waals surface area contributed by atoms with Gasteiger partial charge in [0, 0.05) is 5.56 Å². The van der Waals surface area contributed by atoms with Crippen molar-refractivity contribution in [3.05, 3.63) is 52.4 Å². The smallest absolute Gasteiger partial charge is 0.256 e. The van der Waals surface area contributed by atoms with Crippen LogP contribution >= 0.6 is 11.3 Å². The van der Waals surface area contributed by atoms with Crippen molar-refractivity contribution in [2.24, 2.45) is 10.7 Å². The van der Waals surface area contributed by atoms with Crippen LogP contribution in [0.2, 0.25) is 0 Å². The first kappa shape index (κ1) is 13.8. The summed E-state index contributed by atoms with van der Waals surface area (Å²) in [5.41, 5.74) is 8.57. The first-order valence-corrected chi connectivity index (χ1v) is 7.67. The van der Waals surface area contributed by atoms with Gasteiger partial charge in [0.1, 0.15) is 10.8 Å². The Hall–Kier alpha value is -2.14. The zero-order valence-electron chi connectivity index (χ0n) is 12.0. The van der Waals surface area contributed by atoms with Crippen molar-refractivity contribution < 1.29 is 4.79 Å². The van der Waals surface area contributed by atoms with Gasteiger partial charge in [0.15, 0.2) is 0 Å². The molecule has 4 nitrogen and oxygen atoms in total. The number of aliphatic imine (C=N–C) groups is 1. The molecule has 0 atom stereocenters. The number of carbonyl (C=O) groups is 1. The first-order valence-electron chi connectivity index (χ1n) is 6.79. The lowest BCUT2D eigenvalue weighted by Gasteiger charge is -2.26. The van der Waals surface area contributed by atoms with Crippen molar-refractivity contribution in [2.45, 2.75) is 25.8 Å². The van der Waals surface area contributed by atoms with E-state index < -0.39 is 0 Å². The SMILES string of the molecule is CC1(C)Cc2csc(NC(=O)c3ccccc3)c2C(N)=N1. The largest absolute Gasteiger partial charge is 0.383 e. The van der Waals surface area contributed by atoms with Crippen LogP contribution in [0.1, 0.15) is 35.3 Å². The number of nitrogens with zero attached hydrogens (tertiary/aromatic N) is 1. The second-order valence-electron chi connectivity index (χ2n) is 5.77. The number of amides is 1. The van der Waals surface area contributed by atoms with Gasteiger partial charge in [0.25, 0.3) is 5.91 Å². The molecule has 1 aliphatic rings. The average molecular weight is 299 g/mol. The Balaban J connectivity index is 1.90. The summed E-state index contributed by atoms with van der Waals surface area (Å²) in [6, 6.07) is 9.15. The Bertz CT molecular complexity index is 716. The van der Waals surface area contributed by atoms with Crippen molar-refractivity contribution in [2.75, 3.05) is 5.32 Å². The topological polar surface area (TPSA) is 67.5 Å². The molecule has 108 valence electrons. The molecule has 5 heteroatoms. The number of anilines is 1. The van der Waals surface area contributed by atoms with Gasteiger partial charge in [-0.15, -0.1) is 11.3 Å². The summed E-state index contributed by atoms with van der Waals surface area (Å²) in [4.78, 5) is 16.8. The van der Waals surface area contributed by atoms with Gasteiger partial charge in [0.2, 0.25) is 0 Å². The summed E-state index contributed by atoms with van der Waals surface area (Å²) >= 11 is 1.50. The number of hydrogen-bond acceptors (Lipinski definition) is 4. The fourth-order valence-electron chi connectivity index (χ4n) is 2.55. The summed E-state index contributed by atoms with van der Waals surface area (Å²) in [6.45, 7) is 4.12. The monoisotopic (exact) mass is 299 g/mol. The van der Waals surface area contributed by atoms with Crippen LogP contribution < -0.4 is 11.1 Å². The van der Waals surface area contributed by atoms with Crippen LogP contribution in [-0.2, 0) is 6.42 Å². The number of hydrogen-bond donors (Lipinski definition) is 2. The molecular weight excluding hydrogens is 282 g/mol. The molecule has 0 spiro atoms. The van der Waals surface area contributed by atoms with E-state index in [2.05, 4.69) is 29.5 Å². The number of amidine groups is 1. The Morgan fingerprint density at radius 3 is 2.76 bits per heavy atom. The molecule has 0 aliphatic carbocycles. The molecule has 0 radical (unpaired) electrons. The molecule has 1 aromatic heterocycles. The molecule has 0 unspecified atom stereocenters. The molecule has 21 heavy (non-hydrogen) atoms. The number of carbonyl (C=O) groups excluding carboxylic acids is 1. The van der Waals surface area contributed by atoms with Crippen LogP contribution in [0.3, 0.4) is 0 Å². The minimum absolute atomic E-state index is 0.127. The molecule has 3 N–H and O–H groups in total. The van der Waals surface area contributed by atoms with E-state index in [1.54, 1.807) is 12.1 Å². The zero-order valence-corrected chi connectivity index (χ0v) is 12.8. The maximum absolute atomic E-state index is 12.2. The van der Waals surface area contributed by atoms with E-state index in [1.165, 1.54) is 11.3 Å². The highest BCUT2D eigenvalue weighted by molar-refractivity contribution is 7.15. The second kappa shape index (κ2) is 5.00. The number of thiophene rings is 1. The van der Waals surface area contributed by atoms with Crippen LogP contribution in [0.5, 0.6) is 0 Å². The molecule has 1 amide bonds. The quantitative estimate of drug-likeness (QED) is 0.895. The lowest BCUT2D eigenvalue weighted by molar-refractivity contribution is 0.102. The van der Waals surface area contributed by atoms with Gasteiger partial charge in [-0.25, -0.2) is 0 Å². The van der Waals surface area contributed by atoms with E-state index in [-0.39, 0.29) is 11.4 Å². The Labute approximate surface area is 127 Å². The van der Waals surface area contributed by atoms with Gasteiger partial charge >= 0.3 is 0 Å². The molecule has 0 bridgehead atoms. The number of nitrogens with one attached hydrogen (secondary N) is 1. The maximum Gasteiger partial charge on any atom is 0.256 e. The summed E-state index contributed by atoms with van der Waals surface area (Å²) < 4.78 is 0. The van der Waals surface area contributed by atoms with E-state index in [1.807, 2.05) is 18.2 Å². The number of nitrogens with two attached hydrogens (primary N) is 1. The van der Waals surface area contributed by atoms with Crippen LogP contribution in [0.15, 0.2) is 40.7 Å². The number of benzene rings is 1. The predicted octanol–water partition coefficient (Wildman–Crippen LogP) is 3.04. The van der Waals surface area contributed by atoms with Crippen LogP contribution in [0.25, 0.3) is 0 Å². The standard InChI is InChI=1S/C16H17N3OS/c1-16(2)8-11-9-21-15(12(11)13(17)19-16)18-14(20)10-6-4-3-5-7-10/h3-7,9H,8H2,1-2H3,(H2,17,19)(H,18,20). The zero-order chi connectivity index (χ0) is 15.0. The average Bonchev–Trinajstić information content (AvgIpc) is 2.81. The fraction of sp³-hybridized carbons (Fsp3) is 0.250. The van der Waals surface area contributed by atoms with E-state index in [0.29, 0.717) is 11.4 Å². The van der Waals surface area contributed by atoms with Gasteiger partial charge in [0.05, 0.1) is 11.1 Å². The fourth-order valence-corrected chi connectivity index (χ4v) is 3.52. The molecule has 2 heterocycles. The van der Waals surface area contributed by atoms with Crippen molar-refractivity contribution in [1.82, 2.24) is 0 Å². The van der Waals surface area contributed by atoms with Crippen molar-refractivity contribution >= 4 is 28.1 Å². The molecule has 2 aromatic rings. The van der Waals surface area contributed by atoms with Crippen LogP contribution in [0, 0.1) is 0 Å². The van der Waals surface area contributed by atoms with Gasteiger partial charge in [-0.05, 0) is 43.3 Å². The molecular formula is C16H17N3OS. The van der Waals surface area contributed by atoms with Gasteiger partial charge in [-0.2, -0.15) is 0 Å². The van der Waals surface area contributed by atoms with Gasteiger partial charge < -0.3 is 11.1 Å². The normalized spacial score (nSPS) is 16.0. The first-order chi connectivity index (χ1) is 9.96. The van der Waals surface area contributed by atoms with Crippen LogP contribution in [-0.4, -0.2) is 17.3 Å². The summed E-state index contributed by atoms with van der Waals surface area (Å²) in [7, 11) is 0. The summed E-state index contributed by atoms with van der Waals surface area (Å²) in [6.07, 6.45) is 0.834. The Morgan fingerprint density at radius 2 is 2.05 bits per heavy atom. The predicted molar refractivity (Wildman–Crippen MR) is 87.2 cm³/mol. The molecule has 1 aliphatic heterocycles. The molecule has 3 rings (SSSR count). The molecule has 1 aromatic carbocycles. The lowest BCUT2D eigenvalue weighted by atomic mass is 9.91. The van der Waals surface area contributed by atoms with E-state index in [0.717, 1.165) is 22.5 Å². The Morgan fingerprint density at radius 1 is 1.33 bits per heavy atom. The van der Waals surface area contributed by atoms with E-state index >= 15 is 0 Å². The minimum Gasteiger partial charge on any atom is -0.383 e. The van der Waals surface area contributed by atoms with Gasteiger partial charge in [-0.1, -0.05) is 18.2 Å². The van der Waals surface area contributed by atoms with Crippen molar-refractivity contribution in [1.29, 1.82) is 0 Å². The van der Waals surface area contributed by atoms with Crippen LogP contribution in [0.4, 0.5) is 5.00 Å². The van der Waals surface area contributed by atoms with Crippen molar-refractivity contribution in [3.8, 4) is 0 Å². The second-order valence-corrected chi connectivity index (χ2v) is 6.65. The third-order valence-corrected chi connectivity index (χ3v) is 4.38. The molecule has 0 saturated heterocycles. The highest BCUT2D eigenvalue weighted by Crippen LogP contribution is 2.35. The minimum atomic E-state index is -0.182. The third kappa shape index (κ3) is 2.69. The highest BCUT2D eigenvalue weighted by atomic mass is 32.1. The number of fused-ring (bicyclic) bond motifs is 1. The van der Waals surface area contributed by atoms with E-state index in [4.69, 9.17) is 5.73 Å². The van der Waals surface area contributed by atoms with Gasteiger partial charge in [-0.3, -0.25) is 9.79 Å². The summed E-state index contributed by atoms with van der Waals surface area (Å²) in [5.74, 6) is 0.378. The summed E-state index contributed by atoms with van der Waals surface area (Å²) in [5, 5.41) is 5.77. The highest BCUT2D eigenvalue weighted by Gasteiger charge is 2.29.